The van der Waals surface area contributed by atoms with Crippen molar-refractivity contribution in [2.24, 2.45) is 0 Å². The van der Waals surface area contributed by atoms with Gasteiger partial charge in [-0.05, 0) is 49.2 Å². The number of hydrogen-bond acceptors (Lipinski definition) is 4. The number of nitrogens with one attached hydrogen (secondary N) is 1. The molecular weight excluding hydrogens is 404 g/mol. The van der Waals surface area contributed by atoms with Crippen molar-refractivity contribution in [2.45, 2.75) is 39.3 Å². The minimum absolute atomic E-state index is 0.191. The van der Waals surface area contributed by atoms with E-state index in [2.05, 4.69) is 12.2 Å². The molecule has 7 heteroatoms. The molecule has 0 heterocycles. The largest absolute Gasteiger partial charge is 0.497 e. The lowest BCUT2D eigenvalue weighted by atomic mass is 10.1. The van der Waals surface area contributed by atoms with Crippen molar-refractivity contribution < 1.29 is 19.1 Å². The fourth-order valence-electron chi connectivity index (χ4n) is 2.83. The zero-order chi connectivity index (χ0) is 21.9. The van der Waals surface area contributed by atoms with Crippen LogP contribution < -0.4 is 14.8 Å². The standard InChI is InChI=1S/C23H29ClN2O4/c1-4-5-14-25-23(28)17(2)26(15-18-8-6-7-9-21(18)24)22(27)16-30-20-12-10-19(29-3)11-13-20/h6-13,17H,4-5,14-16H2,1-3H3,(H,25,28)/t17-/m1/s1. The molecule has 0 bridgehead atoms. The van der Waals surface area contributed by atoms with Crippen LogP contribution in [0.5, 0.6) is 11.5 Å². The van der Waals surface area contributed by atoms with Crippen molar-refractivity contribution >= 4 is 23.4 Å². The molecule has 1 N–H and O–H groups in total. The van der Waals surface area contributed by atoms with Gasteiger partial charge in [0.05, 0.1) is 7.11 Å². The first kappa shape index (κ1) is 23.5. The molecule has 0 aliphatic carbocycles. The first-order chi connectivity index (χ1) is 14.5. The maximum Gasteiger partial charge on any atom is 0.261 e. The minimum atomic E-state index is -0.662. The van der Waals surface area contributed by atoms with E-state index in [-0.39, 0.29) is 25.0 Å². The molecule has 0 radical (unpaired) electrons. The monoisotopic (exact) mass is 432 g/mol. The molecule has 6 nitrogen and oxygen atoms in total. The lowest BCUT2D eigenvalue weighted by molar-refractivity contribution is -0.142. The Labute approximate surface area is 183 Å². The highest BCUT2D eigenvalue weighted by Gasteiger charge is 2.26. The lowest BCUT2D eigenvalue weighted by Crippen LogP contribution is -2.49. The van der Waals surface area contributed by atoms with Gasteiger partial charge < -0.3 is 19.7 Å². The molecule has 2 aromatic carbocycles. The van der Waals surface area contributed by atoms with Crippen LogP contribution in [-0.4, -0.2) is 43.0 Å². The number of carbonyl (C=O) groups excluding carboxylic acids is 2. The number of benzene rings is 2. The molecule has 2 amide bonds. The first-order valence-electron chi connectivity index (χ1n) is 10.0. The smallest absolute Gasteiger partial charge is 0.261 e. The van der Waals surface area contributed by atoms with Gasteiger partial charge in [0.15, 0.2) is 6.61 Å². The summed E-state index contributed by atoms with van der Waals surface area (Å²) >= 11 is 6.28. The summed E-state index contributed by atoms with van der Waals surface area (Å²) in [6, 6.07) is 13.6. The molecule has 0 saturated carbocycles. The van der Waals surface area contributed by atoms with E-state index < -0.39 is 6.04 Å². The van der Waals surface area contributed by atoms with Gasteiger partial charge in [0.1, 0.15) is 17.5 Å². The molecule has 30 heavy (non-hydrogen) atoms. The highest BCUT2D eigenvalue weighted by Crippen LogP contribution is 2.20. The minimum Gasteiger partial charge on any atom is -0.497 e. The summed E-state index contributed by atoms with van der Waals surface area (Å²) < 4.78 is 10.8. The molecule has 0 aliphatic heterocycles. The number of methoxy groups -OCH3 is 1. The van der Waals surface area contributed by atoms with Crippen LogP contribution in [0.1, 0.15) is 32.3 Å². The molecule has 2 rings (SSSR count). The summed E-state index contributed by atoms with van der Waals surface area (Å²) in [5.74, 6) is 0.741. The van der Waals surface area contributed by atoms with Crippen LogP contribution in [0.15, 0.2) is 48.5 Å². The van der Waals surface area contributed by atoms with Crippen LogP contribution in [-0.2, 0) is 16.1 Å². The molecule has 2 aromatic rings. The van der Waals surface area contributed by atoms with Crippen LogP contribution >= 0.6 is 11.6 Å². The fraction of sp³-hybridized carbons (Fsp3) is 0.391. The molecule has 1 atom stereocenters. The third-order valence-electron chi connectivity index (χ3n) is 4.72. The molecule has 0 aliphatic rings. The van der Waals surface area contributed by atoms with Crippen molar-refractivity contribution in [1.29, 1.82) is 0 Å². The average molecular weight is 433 g/mol. The number of rotatable bonds is 11. The number of unbranched alkanes of at least 4 members (excludes halogenated alkanes) is 1. The van der Waals surface area contributed by atoms with Crippen molar-refractivity contribution in [3.8, 4) is 11.5 Å². The van der Waals surface area contributed by atoms with Gasteiger partial charge in [0.2, 0.25) is 5.91 Å². The second-order valence-electron chi connectivity index (χ2n) is 6.90. The van der Waals surface area contributed by atoms with E-state index in [1.54, 1.807) is 44.4 Å². The van der Waals surface area contributed by atoms with Gasteiger partial charge in [0, 0.05) is 18.1 Å². The third kappa shape index (κ3) is 6.95. The van der Waals surface area contributed by atoms with Crippen molar-refractivity contribution in [3.05, 3.63) is 59.1 Å². The highest BCUT2D eigenvalue weighted by molar-refractivity contribution is 6.31. The zero-order valence-electron chi connectivity index (χ0n) is 17.7. The Bertz CT molecular complexity index is 826. The predicted molar refractivity (Wildman–Crippen MR) is 118 cm³/mol. The summed E-state index contributed by atoms with van der Waals surface area (Å²) in [6.45, 7) is 4.37. The second kappa shape index (κ2) is 12.1. The van der Waals surface area contributed by atoms with Gasteiger partial charge in [-0.3, -0.25) is 9.59 Å². The van der Waals surface area contributed by atoms with Crippen LogP contribution in [0.4, 0.5) is 0 Å². The Morgan fingerprint density at radius 3 is 2.40 bits per heavy atom. The Morgan fingerprint density at radius 1 is 1.10 bits per heavy atom. The van der Waals surface area contributed by atoms with Gasteiger partial charge in [-0.25, -0.2) is 0 Å². The molecular formula is C23H29ClN2O4. The molecule has 0 fully saturated rings. The number of carbonyl (C=O) groups is 2. The van der Waals surface area contributed by atoms with Gasteiger partial charge >= 0.3 is 0 Å². The van der Waals surface area contributed by atoms with Gasteiger partial charge in [0.25, 0.3) is 5.91 Å². The van der Waals surface area contributed by atoms with Crippen molar-refractivity contribution in [2.75, 3.05) is 20.3 Å². The highest BCUT2D eigenvalue weighted by atomic mass is 35.5. The van der Waals surface area contributed by atoms with Gasteiger partial charge in [-0.1, -0.05) is 43.1 Å². The number of hydrogen-bond donors (Lipinski definition) is 1. The van der Waals surface area contributed by atoms with E-state index >= 15 is 0 Å². The van der Waals surface area contributed by atoms with E-state index in [9.17, 15) is 9.59 Å². The van der Waals surface area contributed by atoms with Gasteiger partial charge in [-0.2, -0.15) is 0 Å². The Hall–Kier alpha value is -2.73. The summed E-state index contributed by atoms with van der Waals surface area (Å²) in [5.41, 5.74) is 0.769. The summed E-state index contributed by atoms with van der Waals surface area (Å²) in [6.07, 6.45) is 1.87. The van der Waals surface area contributed by atoms with Crippen LogP contribution in [0.2, 0.25) is 5.02 Å². The topological polar surface area (TPSA) is 67.9 Å². The van der Waals surface area contributed by atoms with E-state index in [4.69, 9.17) is 21.1 Å². The Morgan fingerprint density at radius 2 is 1.77 bits per heavy atom. The lowest BCUT2D eigenvalue weighted by Gasteiger charge is -2.29. The predicted octanol–water partition coefficient (Wildman–Crippen LogP) is 4.06. The quantitative estimate of drug-likeness (QED) is 0.544. The summed E-state index contributed by atoms with van der Waals surface area (Å²) in [5, 5.41) is 3.43. The van der Waals surface area contributed by atoms with Crippen LogP contribution in [0.3, 0.4) is 0 Å². The van der Waals surface area contributed by atoms with Crippen LogP contribution in [0.25, 0.3) is 0 Å². The van der Waals surface area contributed by atoms with Gasteiger partial charge in [-0.15, -0.1) is 0 Å². The van der Waals surface area contributed by atoms with E-state index in [0.717, 1.165) is 18.4 Å². The molecule has 0 aromatic heterocycles. The Kier molecular flexibility index (Phi) is 9.48. The summed E-state index contributed by atoms with van der Waals surface area (Å²) in [4.78, 5) is 27.1. The maximum atomic E-state index is 13.0. The molecule has 0 saturated heterocycles. The molecule has 0 spiro atoms. The van der Waals surface area contributed by atoms with E-state index in [1.807, 2.05) is 18.2 Å². The number of ether oxygens (including phenoxy) is 2. The average Bonchev–Trinajstić information content (AvgIpc) is 2.77. The zero-order valence-corrected chi connectivity index (χ0v) is 18.4. The maximum absolute atomic E-state index is 13.0. The SMILES string of the molecule is CCCCNC(=O)[C@@H](C)N(Cc1ccccc1Cl)C(=O)COc1ccc(OC)cc1. The van der Waals surface area contributed by atoms with Crippen molar-refractivity contribution in [3.63, 3.8) is 0 Å². The van der Waals surface area contributed by atoms with Crippen molar-refractivity contribution in [1.82, 2.24) is 10.2 Å². The number of amides is 2. The first-order valence-corrected chi connectivity index (χ1v) is 10.4. The van der Waals surface area contributed by atoms with E-state index in [1.165, 1.54) is 4.90 Å². The molecule has 0 unspecified atom stereocenters. The molecule has 162 valence electrons. The third-order valence-corrected chi connectivity index (χ3v) is 5.09. The number of halogens is 1. The normalized spacial score (nSPS) is 11.5. The number of nitrogens with zero attached hydrogens (tertiary/aromatic N) is 1. The summed E-state index contributed by atoms with van der Waals surface area (Å²) in [7, 11) is 1.58. The Balaban J connectivity index is 2.10. The van der Waals surface area contributed by atoms with E-state index in [0.29, 0.717) is 23.1 Å². The second-order valence-corrected chi connectivity index (χ2v) is 7.31. The fourth-order valence-corrected chi connectivity index (χ4v) is 3.02. The van der Waals surface area contributed by atoms with Crippen LogP contribution in [0, 0.1) is 0 Å².